The molecule has 1 aromatic carbocycles. The second-order valence-corrected chi connectivity index (χ2v) is 8.29. The van der Waals surface area contributed by atoms with E-state index < -0.39 is 5.92 Å². The normalized spacial score (nSPS) is 25.3. The smallest absolute Gasteiger partial charge is 0.306 e. The molecular formula is C24H32N2O5. The number of ether oxygens (including phenoxy) is 1. The number of nitrogens with one attached hydrogen (secondary N) is 1. The molecule has 31 heavy (non-hydrogen) atoms. The monoisotopic (exact) mass is 428 g/mol. The molecule has 3 unspecified atom stereocenters. The lowest BCUT2D eigenvalue weighted by Gasteiger charge is -2.26. The molecule has 1 aromatic rings. The molecule has 2 aliphatic heterocycles. The van der Waals surface area contributed by atoms with Crippen molar-refractivity contribution in [3.8, 4) is 0 Å². The van der Waals surface area contributed by atoms with E-state index in [1.54, 1.807) is 4.90 Å². The van der Waals surface area contributed by atoms with Gasteiger partial charge in [-0.1, -0.05) is 42.5 Å². The molecule has 0 aromatic heterocycles. The fraction of sp³-hybridized carbons (Fsp3) is 0.542. The molecule has 0 spiro atoms. The summed E-state index contributed by atoms with van der Waals surface area (Å²) < 4.78 is 5.38. The van der Waals surface area contributed by atoms with Crippen LogP contribution in [0.3, 0.4) is 0 Å². The summed E-state index contributed by atoms with van der Waals surface area (Å²) in [5, 5.41) is 12.5. The molecule has 0 radical (unpaired) electrons. The molecule has 7 heteroatoms. The van der Waals surface area contributed by atoms with Gasteiger partial charge >= 0.3 is 5.97 Å². The van der Waals surface area contributed by atoms with Crippen LogP contribution < -0.4 is 5.32 Å². The number of nitrogens with zero attached hydrogens (tertiary/aromatic N) is 1. The summed E-state index contributed by atoms with van der Waals surface area (Å²) in [5.41, 5.74) is 1.03. The zero-order valence-electron chi connectivity index (χ0n) is 17.9. The Morgan fingerprint density at radius 3 is 2.77 bits per heavy atom. The molecule has 0 bridgehead atoms. The zero-order chi connectivity index (χ0) is 22.1. The van der Waals surface area contributed by atoms with Gasteiger partial charge in [-0.15, -0.1) is 0 Å². The molecule has 3 rings (SSSR count). The average Bonchev–Trinajstić information content (AvgIpc) is 3.25. The van der Waals surface area contributed by atoms with Crippen LogP contribution in [0, 0.1) is 5.92 Å². The van der Waals surface area contributed by atoms with Gasteiger partial charge in [0.05, 0.1) is 24.6 Å². The molecule has 3 atom stereocenters. The average molecular weight is 429 g/mol. The van der Waals surface area contributed by atoms with E-state index in [9.17, 15) is 19.5 Å². The van der Waals surface area contributed by atoms with E-state index in [4.69, 9.17) is 4.74 Å². The van der Waals surface area contributed by atoms with Crippen molar-refractivity contribution in [2.45, 2.75) is 57.0 Å². The number of cyclic esters (lactones) is 1. The van der Waals surface area contributed by atoms with Gasteiger partial charge in [-0.25, -0.2) is 0 Å². The fourth-order valence-electron chi connectivity index (χ4n) is 4.18. The van der Waals surface area contributed by atoms with Crippen molar-refractivity contribution in [2.24, 2.45) is 5.92 Å². The second kappa shape index (κ2) is 11.6. The molecule has 7 nitrogen and oxygen atoms in total. The van der Waals surface area contributed by atoms with Gasteiger partial charge in [0.2, 0.25) is 11.8 Å². The van der Waals surface area contributed by atoms with Crippen LogP contribution in [0.1, 0.15) is 44.1 Å². The lowest BCUT2D eigenvalue weighted by atomic mass is 9.97. The largest absolute Gasteiger partial charge is 0.463 e. The van der Waals surface area contributed by atoms with E-state index in [-0.39, 0.29) is 55.9 Å². The maximum Gasteiger partial charge on any atom is 0.306 e. The van der Waals surface area contributed by atoms with Gasteiger partial charge in [-0.3, -0.25) is 14.4 Å². The number of esters is 1. The quantitative estimate of drug-likeness (QED) is 0.552. The van der Waals surface area contributed by atoms with Crippen LogP contribution >= 0.6 is 0 Å². The van der Waals surface area contributed by atoms with Crippen molar-refractivity contribution in [2.75, 3.05) is 19.8 Å². The topological polar surface area (TPSA) is 95.9 Å². The molecule has 0 aliphatic carbocycles. The van der Waals surface area contributed by atoms with Crippen molar-refractivity contribution in [3.05, 3.63) is 48.0 Å². The van der Waals surface area contributed by atoms with Crippen LogP contribution in [-0.4, -0.2) is 59.6 Å². The predicted octanol–water partition coefficient (Wildman–Crippen LogP) is 1.99. The first-order valence-electron chi connectivity index (χ1n) is 11.1. The highest BCUT2D eigenvalue weighted by Gasteiger charge is 2.31. The Labute approximate surface area is 183 Å². The number of amides is 2. The summed E-state index contributed by atoms with van der Waals surface area (Å²) in [6, 6.07) is 9.21. The van der Waals surface area contributed by atoms with Gasteiger partial charge in [0, 0.05) is 19.4 Å². The third kappa shape index (κ3) is 6.92. The standard InChI is InChI=1S/C24H32N2O5/c27-16-21-11-7-13-26(21)22(28)15-19-10-5-2-6-12-23(29)31-17-20(25-24(19)30)14-18-8-3-1-4-9-18/h1-5,8-9,19-21,27H,6-7,10-17H2,(H,25,30). The minimum absolute atomic E-state index is 0.0486. The molecule has 2 N–H and O–H groups in total. The number of hydrogen-bond donors (Lipinski definition) is 2. The van der Waals surface area contributed by atoms with Crippen LogP contribution in [-0.2, 0) is 25.5 Å². The molecule has 1 fully saturated rings. The minimum atomic E-state index is -0.503. The molecule has 0 saturated carbocycles. The number of rotatable bonds is 5. The molecular weight excluding hydrogens is 396 g/mol. The maximum atomic E-state index is 13.1. The number of benzene rings is 1. The van der Waals surface area contributed by atoms with E-state index in [0.717, 1.165) is 18.4 Å². The van der Waals surface area contributed by atoms with E-state index in [1.165, 1.54) is 0 Å². The van der Waals surface area contributed by atoms with Crippen LogP contribution in [0.4, 0.5) is 0 Å². The molecule has 1 saturated heterocycles. The Bertz CT molecular complexity index is 779. The van der Waals surface area contributed by atoms with Gasteiger partial charge in [-0.05, 0) is 37.7 Å². The van der Waals surface area contributed by atoms with Gasteiger partial charge in [0.15, 0.2) is 0 Å². The first-order chi connectivity index (χ1) is 15.1. The Morgan fingerprint density at radius 2 is 2.00 bits per heavy atom. The summed E-state index contributed by atoms with van der Waals surface area (Å²) in [6.45, 7) is 0.677. The van der Waals surface area contributed by atoms with Gasteiger partial charge in [0.25, 0.3) is 0 Å². The summed E-state index contributed by atoms with van der Waals surface area (Å²) in [5.74, 6) is -1.09. The predicted molar refractivity (Wildman–Crippen MR) is 116 cm³/mol. The molecule has 168 valence electrons. The number of likely N-dealkylation sites (tertiary alicyclic amines) is 1. The number of aliphatic hydroxyl groups excluding tert-OH is 1. The van der Waals surface area contributed by atoms with Crippen molar-refractivity contribution in [1.29, 1.82) is 0 Å². The number of carbonyl (C=O) groups excluding carboxylic acids is 3. The molecule has 2 aliphatic rings. The van der Waals surface area contributed by atoms with Crippen molar-refractivity contribution in [1.82, 2.24) is 10.2 Å². The Balaban J connectivity index is 1.71. The lowest BCUT2D eigenvalue weighted by molar-refractivity contribution is -0.145. The van der Waals surface area contributed by atoms with Gasteiger partial charge in [0.1, 0.15) is 6.61 Å². The Hall–Kier alpha value is -2.67. The lowest BCUT2D eigenvalue weighted by Crippen LogP contribution is -2.45. The Morgan fingerprint density at radius 1 is 1.19 bits per heavy atom. The fourth-order valence-corrected chi connectivity index (χ4v) is 4.18. The third-order valence-electron chi connectivity index (χ3n) is 5.92. The zero-order valence-corrected chi connectivity index (χ0v) is 17.9. The van der Waals surface area contributed by atoms with E-state index in [0.29, 0.717) is 25.8 Å². The first-order valence-corrected chi connectivity index (χ1v) is 11.1. The van der Waals surface area contributed by atoms with Crippen LogP contribution in [0.5, 0.6) is 0 Å². The van der Waals surface area contributed by atoms with Crippen molar-refractivity contribution >= 4 is 17.8 Å². The minimum Gasteiger partial charge on any atom is -0.463 e. The number of hydrogen-bond acceptors (Lipinski definition) is 5. The van der Waals surface area contributed by atoms with Crippen LogP contribution in [0.2, 0.25) is 0 Å². The van der Waals surface area contributed by atoms with E-state index in [1.807, 2.05) is 42.5 Å². The summed E-state index contributed by atoms with van der Waals surface area (Å²) in [7, 11) is 0. The highest BCUT2D eigenvalue weighted by molar-refractivity contribution is 5.86. The summed E-state index contributed by atoms with van der Waals surface area (Å²) >= 11 is 0. The second-order valence-electron chi connectivity index (χ2n) is 8.29. The van der Waals surface area contributed by atoms with Crippen LogP contribution in [0.15, 0.2) is 42.5 Å². The Kier molecular flexibility index (Phi) is 8.64. The molecule has 2 amide bonds. The number of allylic oxidation sites excluding steroid dienone is 2. The number of aliphatic hydroxyl groups is 1. The summed E-state index contributed by atoms with van der Waals surface area (Å²) in [4.78, 5) is 39.6. The van der Waals surface area contributed by atoms with E-state index >= 15 is 0 Å². The van der Waals surface area contributed by atoms with Gasteiger partial charge in [-0.2, -0.15) is 0 Å². The molecule has 2 heterocycles. The van der Waals surface area contributed by atoms with E-state index in [2.05, 4.69) is 5.32 Å². The number of carbonyl (C=O) groups is 3. The third-order valence-corrected chi connectivity index (χ3v) is 5.92. The van der Waals surface area contributed by atoms with Crippen molar-refractivity contribution in [3.63, 3.8) is 0 Å². The SMILES string of the molecule is O=C1CCC=CCC(CC(=O)N2CCCC2CO)C(=O)NC(Cc2ccccc2)CO1. The summed E-state index contributed by atoms with van der Waals surface area (Å²) in [6.07, 6.45) is 7.30. The van der Waals surface area contributed by atoms with Crippen molar-refractivity contribution < 1.29 is 24.2 Å². The highest BCUT2D eigenvalue weighted by Crippen LogP contribution is 2.21. The van der Waals surface area contributed by atoms with Gasteiger partial charge < -0.3 is 20.1 Å². The maximum absolute atomic E-state index is 13.1. The van der Waals surface area contributed by atoms with Crippen LogP contribution in [0.25, 0.3) is 0 Å². The first kappa shape index (κ1) is 23.0. The highest BCUT2D eigenvalue weighted by atomic mass is 16.5.